The summed E-state index contributed by atoms with van der Waals surface area (Å²) < 4.78 is 11.5. The van der Waals surface area contributed by atoms with Gasteiger partial charge in [0.15, 0.2) is 6.29 Å². The Balaban J connectivity index is 1.94. The second-order valence-electron chi connectivity index (χ2n) is 6.35. The molecule has 0 aromatic carbocycles. The van der Waals surface area contributed by atoms with Gasteiger partial charge in [-0.15, -0.1) is 0 Å². The quantitative estimate of drug-likeness (QED) is 0.715. The van der Waals surface area contributed by atoms with Gasteiger partial charge < -0.3 is 24.8 Å². The third-order valence-corrected chi connectivity index (χ3v) is 4.67. The summed E-state index contributed by atoms with van der Waals surface area (Å²) in [6.07, 6.45) is 3.94. The van der Waals surface area contributed by atoms with Crippen LogP contribution in [-0.2, 0) is 9.47 Å². The second-order valence-corrected chi connectivity index (χ2v) is 6.35. The maximum Gasteiger partial charge on any atom is 0.186 e. The molecule has 7 atom stereocenters. The summed E-state index contributed by atoms with van der Waals surface area (Å²) in [5.74, 6) is 0.453. The molecule has 1 aliphatic carbocycles. The Kier molecular flexibility index (Phi) is 6.44. The summed E-state index contributed by atoms with van der Waals surface area (Å²) >= 11 is 0. The van der Waals surface area contributed by atoms with Crippen LogP contribution in [0.2, 0.25) is 0 Å². The van der Waals surface area contributed by atoms with Crippen LogP contribution in [0, 0.1) is 12.3 Å². The van der Waals surface area contributed by atoms with Gasteiger partial charge in [0.2, 0.25) is 0 Å². The topological polar surface area (TPSA) is 79.2 Å². The van der Waals surface area contributed by atoms with Gasteiger partial charge >= 0.3 is 0 Å². The van der Waals surface area contributed by atoms with Crippen LogP contribution in [-0.4, -0.2) is 52.1 Å². The van der Waals surface area contributed by atoms with E-state index in [1.807, 2.05) is 0 Å². The number of hydrogen-bond acceptors (Lipinski definition) is 5. The summed E-state index contributed by atoms with van der Waals surface area (Å²) in [5.41, 5.74) is 0. The molecule has 1 saturated heterocycles. The molecule has 0 aromatic heterocycles. The normalized spacial score (nSPS) is 44.7. The van der Waals surface area contributed by atoms with Gasteiger partial charge in [0.1, 0.15) is 18.3 Å². The van der Waals surface area contributed by atoms with Crippen LogP contribution in [0.5, 0.6) is 0 Å². The molecule has 3 N–H and O–H groups in total. The zero-order valence-corrected chi connectivity index (χ0v) is 13.0. The maximum atomic E-state index is 10.0. The fourth-order valence-electron chi connectivity index (χ4n) is 3.24. The molecular formula is C16H29O5. The summed E-state index contributed by atoms with van der Waals surface area (Å²) in [7, 11) is 0. The zero-order chi connectivity index (χ0) is 15.4. The molecule has 21 heavy (non-hydrogen) atoms. The molecule has 2 fully saturated rings. The predicted octanol–water partition coefficient (Wildman–Crippen LogP) is 1.39. The van der Waals surface area contributed by atoms with Gasteiger partial charge in [0.05, 0.1) is 12.2 Å². The molecule has 123 valence electrons. The van der Waals surface area contributed by atoms with Crippen molar-refractivity contribution in [2.75, 3.05) is 0 Å². The van der Waals surface area contributed by atoms with Crippen molar-refractivity contribution in [2.45, 2.75) is 89.2 Å². The number of rotatable bonds is 5. The van der Waals surface area contributed by atoms with Crippen LogP contribution < -0.4 is 0 Å². The highest BCUT2D eigenvalue weighted by Gasteiger charge is 2.44. The highest BCUT2D eigenvalue weighted by Crippen LogP contribution is 2.33. The van der Waals surface area contributed by atoms with Crippen molar-refractivity contribution in [1.82, 2.24) is 0 Å². The molecule has 0 amide bonds. The Bertz CT molecular complexity index is 311. The van der Waals surface area contributed by atoms with E-state index in [0.717, 1.165) is 25.7 Å². The molecule has 1 aliphatic heterocycles. The van der Waals surface area contributed by atoms with Crippen LogP contribution in [0.25, 0.3) is 0 Å². The van der Waals surface area contributed by atoms with Crippen molar-refractivity contribution < 1.29 is 24.8 Å². The Hall–Kier alpha value is -0.200. The first-order valence-electron chi connectivity index (χ1n) is 8.23. The highest BCUT2D eigenvalue weighted by molar-refractivity contribution is 4.92. The summed E-state index contributed by atoms with van der Waals surface area (Å²) in [5, 5.41) is 29.6. The fourth-order valence-corrected chi connectivity index (χ4v) is 3.24. The van der Waals surface area contributed by atoms with Gasteiger partial charge in [-0.05, 0) is 38.5 Å². The molecule has 0 aromatic rings. The van der Waals surface area contributed by atoms with Crippen molar-refractivity contribution in [3.05, 3.63) is 6.42 Å². The van der Waals surface area contributed by atoms with E-state index in [4.69, 9.17) is 9.47 Å². The molecule has 2 aliphatic rings. The second kappa shape index (κ2) is 7.88. The van der Waals surface area contributed by atoms with Gasteiger partial charge in [0.25, 0.3) is 0 Å². The van der Waals surface area contributed by atoms with Crippen molar-refractivity contribution in [1.29, 1.82) is 0 Å². The van der Waals surface area contributed by atoms with Crippen LogP contribution in [0.4, 0.5) is 0 Å². The van der Waals surface area contributed by atoms with Crippen LogP contribution >= 0.6 is 0 Å². The first-order chi connectivity index (χ1) is 10.0. The molecule has 0 spiro atoms. The minimum atomic E-state index is -1.23. The molecule has 5 heteroatoms. The van der Waals surface area contributed by atoms with Gasteiger partial charge in [-0.1, -0.05) is 26.2 Å². The molecule has 1 radical (unpaired) electrons. The van der Waals surface area contributed by atoms with Crippen LogP contribution in [0.1, 0.15) is 52.4 Å². The van der Waals surface area contributed by atoms with E-state index in [0.29, 0.717) is 5.92 Å². The Morgan fingerprint density at radius 2 is 1.95 bits per heavy atom. The van der Waals surface area contributed by atoms with Gasteiger partial charge in [0, 0.05) is 0 Å². The molecule has 0 unspecified atom stereocenters. The lowest BCUT2D eigenvalue weighted by molar-refractivity contribution is -0.306. The Labute approximate surface area is 127 Å². The minimum absolute atomic E-state index is 0.0420. The van der Waals surface area contributed by atoms with E-state index in [9.17, 15) is 15.3 Å². The van der Waals surface area contributed by atoms with Gasteiger partial charge in [-0.25, -0.2) is 0 Å². The molecule has 2 rings (SSSR count). The molecule has 1 saturated carbocycles. The molecular weight excluding hydrogens is 272 g/mol. The first-order valence-corrected chi connectivity index (χ1v) is 8.23. The molecule has 0 bridgehead atoms. The van der Waals surface area contributed by atoms with Crippen molar-refractivity contribution >= 4 is 0 Å². The van der Waals surface area contributed by atoms with Crippen molar-refractivity contribution in [3.8, 4) is 0 Å². The van der Waals surface area contributed by atoms with E-state index in [-0.39, 0.29) is 6.10 Å². The lowest BCUT2D eigenvalue weighted by atomic mass is 9.83. The molecule has 5 nitrogen and oxygen atoms in total. The van der Waals surface area contributed by atoms with E-state index >= 15 is 0 Å². The summed E-state index contributed by atoms with van der Waals surface area (Å²) in [4.78, 5) is 0. The Morgan fingerprint density at radius 3 is 2.67 bits per heavy atom. The highest BCUT2D eigenvalue weighted by atomic mass is 16.7. The Morgan fingerprint density at radius 1 is 1.19 bits per heavy atom. The largest absolute Gasteiger partial charge is 0.388 e. The zero-order valence-electron chi connectivity index (χ0n) is 13.0. The lowest BCUT2D eigenvalue weighted by Gasteiger charge is -2.42. The van der Waals surface area contributed by atoms with Crippen LogP contribution in [0.3, 0.4) is 0 Å². The number of aliphatic hydroxyl groups is 3. The van der Waals surface area contributed by atoms with E-state index in [1.165, 1.54) is 12.8 Å². The number of ether oxygens (including phenoxy) is 2. The van der Waals surface area contributed by atoms with E-state index < -0.39 is 30.7 Å². The number of unbranched alkanes of at least 4 members (excludes halogenated alkanes) is 1. The lowest BCUT2D eigenvalue weighted by Crippen LogP contribution is -2.58. The fraction of sp³-hybridized carbons (Fsp3) is 0.938. The third-order valence-electron chi connectivity index (χ3n) is 4.67. The first kappa shape index (κ1) is 17.2. The minimum Gasteiger partial charge on any atom is -0.388 e. The number of hydrogen-bond donors (Lipinski definition) is 3. The van der Waals surface area contributed by atoms with Gasteiger partial charge in [-0.2, -0.15) is 0 Å². The SMILES string of the molecule is CCCC[C@H]1CCC[CH][C@H]1O[C@@H]1O[C@@H](C)[C@@H](O)[C@@H](O)[C@@H]1O. The average molecular weight is 301 g/mol. The van der Waals surface area contributed by atoms with Crippen molar-refractivity contribution in [3.63, 3.8) is 0 Å². The summed E-state index contributed by atoms with van der Waals surface area (Å²) in [6.45, 7) is 3.85. The average Bonchev–Trinajstić information content (AvgIpc) is 2.49. The van der Waals surface area contributed by atoms with Crippen molar-refractivity contribution in [2.24, 2.45) is 5.92 Å². The summed E-state index contributed by atoms with van der Waals surface area (Å²) in [6, 6.07) is 0. The number of aliphatic hydroxyl groups excluding tert-OH is 3. The van der Waals surface area contributed by atoms with Gasteiger partial charge in [-0.3, -0.25) is 0 Å². The van der Waals surface area contributed by atoms with E-state index in [2.05, 4.69) is 13.3 Å². The smallest absolute Gasteiger partial charge is 0.186 e. The van der Waals surface area contributed by atoms with Crippen LogP contribution in [0.15, 0.2) is 0 Å². The monoisotopic (exact) mass is 301 g/mol. The van der Waals surface area contributed by atoms with E-state index in [1.54, 1.807) is 6.92 Å². The predicted molar refractivity (Wildman–Crippen MR) is 78.4 cm³/mol. The standard InChI is InChI=1S/C16H29O5/c1-3-4-7-11-8-5-6-9-12(11)21-16-15(19)14(18)13(17)10(2)20-16/h9-19H,3-8H2,1-2H3/t10-,11-,12+,13+,14+,15-,16-/m0/s1. The maximum absolute atomic E-state index is 10.0. The third kappa shape index (κ3) is 4.17. The molecule has 1 heterocycles.